The van der Waals surface area contributed by atoms with Gasteiger partial charge in [-0.2, -0.15) is 0 Å². The lowest BCUT2D eigenvalue weighted by Crippen LogP contribution is -2.16. The van der Waals surface area contributed by atoms with Gasteiger partial charge in [0, 0.05) is 10.6 Å². The number of rotatable bonds is 2. The average Bonchev–Trinajstić information content (AvgIpc) is 2.38. The Balaban J connectivity index is 2.26. The summed E-state index contributed by atoms with van der Waals surface area (Å²) in [6.07, 6.45) is 0. The Morgan fingerprint density at radius 2 is 1.60 bits per heavy atom. The molecule has 0 fully saturated rings. The highest BCUT2D eigenvalue weighted by molar-refractivity contribution is 6.30. The summed E-state index contributed by atoms with van der Waals surface area (Å²) in [5, 5.41) is 0.594. The number of ether oxygens (including phenoxy) is 1. The first kappa shape index (κ1) is 14.6. The molecule has 0 saturated carbocycles. The van der Waals surface area contributed by atoms with Gasteiger partial charge in [-0.1, -0.05) is 50.6 Å². The number of hydrogen-bond acceptors (Lipinski definition) is 2. The van der Waals surface area contributed by atoms with Gasteiger partial charge in [-0.3, -0.25) is 0 Å². The largest absolute Gasteiger partial charge is 0.423 e. The summed E-state index contributed by atoms with van der Waals surface area (Å²) in [6, 6.07) is 14.3. The minimum atomic E-state index is -0.377. The Kier molecular flexibility index (Phi) is 4.15. The van der Waals surface area contributed by atoms with Crippen LogP contribution < -0.4 is 4.74 Å². The highest BCUT2D eigenvalue weighted by atomic mass is 35.5. The van der Waals surface area contributed by atoms with E-state index in [2.05, 4.69) is 20.8 Å². The van der Waals surface area contributed by atoms with E-state index in [1.165, 1.54) is 0 Å². The molecule has 0 aliphatic rings. The predicted octanol–water partition coefficient (Wildman–Crippen LogP) is 4.86. The minimum absolute atomic E-state index is 0.0864. The second-order valence-electron chi connectivity index (χ2n) is 5.64. The van der Waals surface area contributed by atoms with Crippen molar-refractivity contribution in [2.24, 2.45) is 0 Å². The van der Waals surface area contributed by atoms with Gasteiger partial charge in [-0.25, -0.2) is 4.79 Å². The molecule has 0 aliphatic carbocycles. The molecule has 0 amide bonds. The molecule has 0 N–H and O–H groups in total. The summed E-state index contributed by atoms with van der Waals surface area (Å²) in [4.78, 5) is 12.1. The van der Waals surface area contributed by atoms with Crippen LogP contribution in [0.1, 0.15) is 36.7 Å². The van der Waals surface area contributed by atoms with Gasteiger partial charge in [0.1, 0.15) is 5.75 Å². The summed E-state index contributed by atoms with van der Waals surface area (Å²) in [5.74, 6) is 0.221. The molecule has 0 aromatic heterocycles. The zero-order valence-corrected chi connectivity index (χ0v) is 12.6. The zero-order chi connectivity index (χ0) is 14.8. The van der Waals surface area contributed by atoms with E-state index in [1.807, 2.05) is 24.3 Å². The normalized spacial score (nSPS) is 11.2. The standard InChI is InChI=1S/C17H17ClO2/c1-17(2,3)14-6-4-5-7-15(14)20-16(19)12-8-10-13(18)11-9-12/h4-11H,1-3H3. The summed E-state index contributed by atoms with van der Waals surface area (Å²) >= 11 is 5.81. The fourth-order valence-corrected chi connectivity index (χ4v) is 2.05. The molecule has 0 radical (unpaired) electrons. The molecule has 0 unspecified atom stereocenters. The smallest absolute Gasteiger partial charge is 0.343 e. The molecular formula is C17H17ClO2. The third-order valence-electron chi connectivity index (χ3n) is 2.98. The van der Waals surface area contributed by atoms with Crippen LogP contribution in [0, 0.1) is 0 Å². The Hall–Kier alpha value is -1.80. The zero-order valence-electron chi connectivity index (χ0n) is 11.8. The van der Waals surface area contributed by atoms with Crippen LogP contribution in [-0.2, 0) is 5.41 Å². The third-order valence-corrected chi connectivity index (χ3v) is 3.23. The van der Waals surface area contributed by atoms with Crippen LogP contribution in [0.2, 0.25) is 5.02 Å². The van der Waals surface area contributed by atoms with Gasteiger partial charge in [-0.15, -0.1) is 0 Å². The Morgan fingerprint density at radius 3 is 2.20 bits per heavy atom. The second kappa shape index (κ2) is 5.68. The van der Waals surface area contributed by atoms with Gasteiger partial charge in [0.15, 0.2) is 0 Å². The first-order valence-corrected chi connectivity index (χ1v) is 6.83. The van der Waals surface area contributed by atoms with E-state index in [4.69, 9.17) is 16.3 Å². The third kappa shape index (κ3) is 3.40. The maximum atomic E-state index is 12.1. The van der Waals surface area contributed by atoms with Crippen LogP contribution >= 0.6 is 11.6 Å². The van der Waals surface area contributed by atoms with E-state index in [0.29, 0.717) is 16.3 Å². The summed E-state index contributed by atoms with van der Waals surface area (Å²) < 4.78 is 5.52. The summed E-state index contributed by atoms with van der Waals surface area (Å²) in [5.41, 5.74) is 1.40. The quantitative estimate of drug-likeness (QED) is 0.583. The van der Waals surface area contributed by atoms with Crippen molar-refractivity contribution in [3.63, 3.8) is 0 Å². The molecule has 3 heteroatoms. The fraction of sp³-hybridized carbons (Fsp3) is 0.235. The Morgan fingerprint density at radius 1 is 1.00 bits per heavy atom. The molecule has 0 heterocycles. The van der Waals surface area contributed by atoms with Crippen molar-refractivity contribution in [2.75, 3.05) is 0 Å². The first-order valence-electron chi connectivity index (χ1n) is 6.45. The van der Waals surface area contributed by atoms with Crippen molar-refractivity contribution in [2.45, 2.75) is 26.2 Å². The number of halogens is 1. The SMILES string of the molecule is CC(C)(C)c1ccccc1OC(=O)c1ccc(Cl)cc1. The monoisotopic (exact) mass is 288 g/mol. The maximum absolute atomic E-state index is 12.1. The van der Waals surface area contributed by atoms with Crippen LogP contribution in [0.25, 0.3) is 0 Å². The lowest BCUT2D eigenvalue weighted by molar-refractivity contribution is 0.0732. The molecule has 0 aliphatic heterocycles. The molecule has 2 nitrogen and oxygen atoms in total. The Bertz CT molecular complexity index is 610. The number of carbonyl (C=O) groups is 1. The predicted molar refractivity (Wildman–Crippen MR) is 81.6 cm³/mol. The highest BCUT2D eigenvalue weighted by Gasteiger charge is 2.20. The Labute approximate surface area is 124 Å². The van der Waals surface area contributed by atoms with Crippen LogP contribution in [-0.4, -0.2) is 5.97 Å². The van der Waals surface area contributed by atoms with Crippen molar-refractivity contribution < 1.29 is 9.53 Å². The van der Waals surface area contributed by atoms with Gasteiger partial charge in [0.25, 0.3) is 0 Å². The van der Waals surface area contributed by atoms with Gasteiger partial charge >= 0.3 is 5.97 Å². The van der Waals surface area contributed by atoms with Gasteiger partial charge in [0.2, 0.25) is 0 Å². The molecule has 104 valence electrons. The second-order valence-corrected chi connectivity index (χ2v) is 6.08. The van der Waals surface area contributed by atoms with Crippen LogP contribution in [0.15, 0.2) is 48.5 Å². The van der Waals surface area contributed by atoms with Crippen LogP contribution in [0.5, 0.6) is 5.75 Å². The minimum Gasteiger partial charge on any atom is -0.423 e. The van der Waals surface area contributed by atoms with E-state index in [9.17, 15) is 4.79 Å². The average molecular weight is 289 g/mol. The molecule has 0 bridgehead atoms. The molecule has 0 atom stereocenters. The summed E-state index contributed by atoms with van der Waals surface area (Å²) in [7, 11) is 0. The van der Waals surface area contributed by atoms with E-state index in [1.54, 1.807) is 24.3 Å². The number of benzene rings is 2. The van der Waals surface area contributed by atoms with Gasteiger partial charge in [0.05, 0.1) is 5.56 Å². The molecule has 2 aromatic carbocycles. The van der Waals surface area contributed by atoms with Crippen molar-refractivity contribution in [1.82, 2.24) is 0 Å². The van der Waals surface area contributed by atoms with Crippen LogP contribution in [0.3, 0.4) is 0 Å². The topological polar surface area (TPSA) is 26.3 Å². The molecule has 2 rings (SSSR count). The lowest BCUT2D eigenvalue weighted by atomic mass is 9.86. The van der Waals surface area contributed by atoms with Gasteiger partial charge in [-0.05, 0) is 35.7 Å². The van der Waals surface area contributed by atoms with Crippen LogP contribution in [0.4, 0.5) is 0 Å². The van der Waals surface area contributed by atoms with Crippen molar-refractivity contribution >= 4 is 17.6 Å². The fourth-order valence-electron chi connectivity index (χ4n) is 1.92. The summed E-state index contributed by atoms with van der Waals surface area (Å²) in [6.45, 7) is 6.26. The van der Waals surface area contributed by atoms with Crippen molar-refractivity contribution in [1.29, 1.82) is 0 Å². The molecular weight excluding hydrogens is 272 g/mol. The number of hydrogen-bond donors (Lipinski definition) is 0. The van der Waals surface area contributed by atoms with E-state index < -0.39 is 0 Å². The van der Waals surface area contributed by atoms with Crippen molar-refractivity contribution in [3.8, 4) is 5.75 Å². The first-order chi connectivity index (χ1) is 9.38. The molecule has 2 aromatic rings. The highest BCUT2D eigenvalue weighted by Crippen LogP contribution is 2.31. The molecule has 0 spiro atoms. The van der Waals surface area contributed by atoms with E-state index >= 15 is 0 Å². The maximum Gasteiger partial charge on any atom is 0.343 e. The number of esters is 1. The number of carbonyl (C=O) groups excluding carboxylic acids is 1. The van der Waals surface area contributed by atoms with E-state index in [-0.39, 0.29) is 11.4 Å². The lowest BCUT2D eigenvalue weighted by Gasteiger charge is -2.22. The van der Waals surface area contributed by atoms with E-state index in [0.717, 1.165) is 5.56 Å². The molecule has 0 saturated heterocycles. The molecule has 20 heavy (non-hydrogen) atoms. The van der Waals surface area contributed by atoms with Crippen molar-refractivity contribution in [3.05, 3.63) is 64.7 Å². The van der Waals surface area contributed by atoms with Gasteiger partial charge < -0.3 is 4.74 Å². The number of para-hydroxylation sites is 1.